The van der Waals surface area contributed by atoms with Gasteiger partial charge in [0.2, 0.25) is 6.10 Å². The van der Waals surface area contributed by atoms with Crippen molar-refractivity contribution in [3.05, 3.63) is 101 Å². The fraction of sp³-hybridized carbons (Fsp3) is 0.214. The molecule has 1 aliphatic rings. The molecule has 35 heavy (non-hydrogen) atoms. The molecule has 1 aliphatic carbocycles. The van der Waals surface area contributed by atoms with Crippen LogP contribution < -0.4 is 4.74 Å². The second-order valence-corrected chi connectivity index (χ2v) is 9.74. The number of para-hydroxylation sites is 1. The van der Waals surface area contributed by atoms with Crippen LogP contribution in [0.3, 0.4) is 0 Å². The van der Waals surface area contributed by atoms with E-state index in [-0.39, 0.29) is 11.7 Å². The maximum Gasteiger partial charge on any atom is 0.311 e. The smallest absolute Gasteiger partial charge is 0.311 e. The Morgan fingerprint density at radius 2 is 1.80 bits per heavy atom. The highest BCUT2D eigenvalue weighted by Crippen LogP contribution is 2.60. The second kappa shape index (κ2) is 10.1. The van der Waals surface area contributed by atoms with Gasteiger partial charge in [0.1, 0.15) is 11.8 Å². The Kier molecular flexibility index (Phi) is 7.16. The molecule has 7 heteroatoms. The molecule has 4 nitrogen and oxygen atoms in total. The number of nitrogens with zero attached hydrogens (tertiary/aromatic N) is 1. The Morgan fingerprint density at radius 1 is 1.11 bits per heavy atom. The lowest BCUT2D eigenvalue weighted by molar-refractivity contribution is -0.149. The molecule has 0 bridgehead atoms. The first-order chi connectivity index (χ1) is 16.7. The summed E-state index contributed by atoms with van der Waals surface area (Å²) in [5, 5.41) is 10.8. The van der Waals surface area contributed by atoms with Crippen LogP contribution >= 0.6 is 23.2 Å². The summed E-state index contributed by atoms with van der Waals surface area (Å²) < 4.78 is 25.5. The minimum absolute atomic E-state index is 0.0627. The fourth-order valence-corrected chi connectivity index (χ4v) is 4.42. The van der Waals surface area contributed by atoms with Crippen LogP contribution in [0, 0.1) is 34.4 Å². The van der Waals surface area contributed by atoms with Gasteiger partial charge in [-0.05, 0) is 53.3 Å². The molecule has 0 spiro atoms. The van der Waals surface area contributed by atoms with Crippen LogP contribution in [0.2, 0.25) is 5.02 Å². The van der Waals surface area contributed by atoms with E-state index in [9.17, 15) is 14.4 Å². The third kappa shape index (κ3) is 5.51. The predicted molar refractivity (Wildman–Crippen MR) is 133 cm³/mol. The lowest BCUT2D eigenvalue weighted by Gasteiger charge is -2.14. The van der Waals surface area contributed by atoms with Crippen LogP contribution in [0.5, 0.6) is 11.5 Å². The van der Waals surface area contributed by atoms with Gasteiger partial charge in [-0.25, -0.2) is 4.39 Å². The van der Waals surface area contributed by atoms with Crippen molar-refractivity contribution in [3.8, 4) is 17.6 Å². The van der Waals surface area contributed by atoms with Crippen molar-refractivity contribution in [3.63, 3.8) is 0 Å². The van der Waals surface area contributed by atoms with Gasteiger partial charge in [-0.2, -0.15) is 5.26 Å². The fourth-order valence-electron chi connectivity index (χ4n) is 4.04. The number of ether oxygens (including phenoxy) is 2. The summed E-state index contributed by atoms with van der Waals surface area (Å²) in [4.78, 5) is 13.0. The molecule has 1 saturated carbocycles. The van der Waals surface area contributed by atoms with Gasteiger partial charge < -0.3 is 9.47 Å². The van der Waals surface area contributed by atoms with Crippen LogP contribution in [0.1, 0.15) is 31.1 Å². The molecule has 0 heterocycles. The van der Waals surface area contributed by atoms with Gasteiger partial charge in [0, 0.05) is 15.6 Å². The Morgan fingerprint density at radius 3 is 2.46 bits per heavy atom. The van der Waals surface area contributed by atoms with Gasteiger partial charge in [0.15, 0.2) is 11.6 Å². The maximum atomic E-state index is 14.3. The molecule has 1 fully saturated rings. The van der Waals surface area contributed by atoms with E-state index in [4.69, 9.17) is 32.7 Å². The summed E-state index contributed by atoms with van der Waals surface area (Å²) in [6.45, 7) is 3.88. The average molecular weight is 510 g/mol. The summed E-state index contributed by atoms with van der Waals surface area (Å²) in [5.74, 6) is -1.36. The Bertz CT molecular complexity index is 1300. The van der Waals surface area contributed by atoms with E-state index in [1.165, 1.54) is 18.2 Å². The van der Waals surface area contributed by atoms with E-state index in [1.807, 2.05) is 32.1 Å². The van der Waals surface area contributed by atoms with Gasteiger partial charge in [0.25, 0.3) is 0 Å². The van der Waals surface area contributed by atoms with Gasteiger partial charge in [-0.15, -0.1) is 0 Å². The van der Waals surface area contributed by atoms with Gasteiger partial charge in [0.05, 0.1) is 5.92 Å². The van der Waals surface area contributed by atoms with Crippen LogP contribution in [0.15, 0.2) is 78.9 Å². The number of nitriles is 1. The Hall–Kier alpha value is -3.33. The summed E-state index contributed by atoms with van der Waals surface area (Å²) in [7, 11) is 0. The van der Waals surface area contributed by atoms with Crippen molar-refractivity contribution in [1.82, 2.24) is 0 Å². The molecule has 3 aromatic rings. The van der Waals surface area contributed by atoms with E-state index >= 15 is 0 Å². The highest BCUT2D eigenvalue weighted by Gasteiger charge is 2.62. The first-order valence-corrected chi connectivity index (χ1v) is 11.7. The van der Waals surface area contributed by atoms with E-state index < -0.39 is 29.2 Å². The molecule has 4 rings (SSSR count). The van der Waals surface area contributed by atoms with E-state index in [2.05, 4.69) is 0 Å². The lowest BCUT2D eigenvalue weighted by atomic mass is 10.1. The molecule has 0 amide bonds. The first kappa shape index (κ1) is 24.8. The Labute approximate surface area is 213 Å². The lowest BCUT2D eigenvalue weighted by Crippen LogP contribution is -2.14. The van der Waals surface area contributed by atoms with Gasteiger partial charge >= 0.3 is 5.97 Å². The monoisotopic (exact) mass is 509 g/mol. The van der Waals surface area contributed by atoms with Crippen molar-refractivity contribution in [1.29, 1.82) is 5.26 Å². The molecule has 3 atom stereocenters. The molecular weight excluding hydrogens is 488 g/mol. The minimum atomic E-state index is -1.21. The predicted octanol–water partition coefficient (Wildman–Crippen LogP) is 7.93. The number of esters is 1. The topological polar surface area (TPSA) is 59.3 Å². The van der Waals surface area contributed by atoms with E-state index in [0.29, 0.717) is 21.4 Å². The quantitative estimate of drug-likeness (QED) is 0.303. The zero-order valence-electron chi connectivity index (χ0n) is 19.0. The molecule has 0 N–H and O–H groups in total. The summed E-state index contributed by atoms with van der Waals surface area (Å²) in [6.07, 6.45) is 0.621. The highest BCUT2D eigenvalue weighted by molar-refractivity contribution is 6.48. The Balaban J connectivity index is 1.49. The van der Waals surface area contributed by atoms with Crippen LogP contribution in [-0.2, 0) is 9.53 Å². The number of carbonyl (C=O) groups is 1. The normalized spacial score (nSPS) is 19.4. The van der Waals surface area contributed by atoms with Crippen molar-refractivity contribution in [2.45, 2.75) is 20.0 Å². The largest absolute Gasteiger partial charge is 0.454 e. The molecule has 0 radical (unpaired) electrons. The summed E-state index contributed by atoms with van der Waals surface area (Å²) in [6, 6.07) is 21.7. The van der Waals surface area contributed by atoms with Crippen LogP contribution in [0.25, 0.3) is 5.03 Å². The molecular formula is C28H22Cl2FNO3. The minimum Gasteiger partial charge on any atom is -0.454 e. The van der Waals surface area contributed by atoms with Gasteiger partial charge in [-0.1, -0.05) is 79.5 Å². The number of benzene rings is 3. The number of carbonyl (C=O) groups excluding carboxylic acids is 1. The number of halogens is 3. The number of hydrogen-bond donors (Lipinski definition) is 0. The second-order valence-electron chi connectivity index (χ2n) is 8.90. The molecule has 0 aromatic heterocycles. The zero-order valence-corrected chi connectivity index (χ0v) is 20.6. The number of hydrogen-bond acceptors (Lipinski definition) is 4. The van der Waals surface area contributed by atoms with Crippen molar-refractivity contribution < 1.29 is 18.7 Å². The molecule has 1 unspecified atom stereocenters. The zero-order chi connectivity index (χ0) is 25.2. The number of allylic oxidation sites excluding steroid dienone is 1. The third-order valence-electron chi connectivity index (χ3n) is 6.19. The average Bonchev–Trinajstić information content (AvgIpc) is 3.39. The van der Waals surface area contributed by atoms with Crippen molar-refractivity contribution in [2.24, 2.45) is 17.3 Å². The van der Waals surface area contributed by atoms with Crippen molar-refractivity contribution in [2.75, 3.05) is 0 Å². The standard InChI is InChI=1S/C28H22Cl2FNO3/c1-28(2)21(15-22(30)17-8-11-19(29)12-9-17)26(28)27(33)35-25(16-32)18-10-13-23(31)24(14-18)34-20-6-4-3-5-7-20/h3-15,21,25-26H,1-2H3/b22-15+/t21-,25?,26+/m0/s1. The summed E-state index contributed by atoms with van der Waals surface area (Å²) in [5.41, 5.74) is 0.713. The number of rotatable bonds is 7. The molecule has 3 aromatic carbocycles. The maximum absolute atomic E-state index is 14.3. The third-order valence-corrected chi connectivity index (χ3v) is 6.79. The van der Waals surface area contributed by atoms with Crippen molar-refractivity contribution >= 4 is 34.2 Å². The SMILES string of the molecule is CC1(C)[C@@H](/C=C(/Cl)c2ccc(Cl)cc2)[C@@H]1C(=O)OC(C#N)c1ccc(F)c(Oc2ccccc2)c1. The van der Waals surface area contributed by atoms with E-state index in [0.717, 1.165) is 5.56 Å². The van der Waals surface area contributed by atoms with E-state index in [1.54, 1.807) is 48.5 Å². The summed E-state index contributed by atoms with van der Waals surface area (Å²) >= 11 is 12.4. The van der Waals surface area contributed by atoms with Gasteiger partial charge in [-0.3, -0.25) is 4.79 Å². The molecule has 178 valence electrons. The highest BCUT2D eigenvalue weighted by atomic mass is 35.5. The van der Waals surface area contributed by atoms with Crippen LogP contribution in [0.4, 0.5) is 4.39 Å². The molecule has 0 aliphatic heterocycles. The first-order valence-electron chi connectivity index (χ1n) is 11.0. The van der Waals surface area contributed by atoms with Crippen LogP contribution in [-0.4, -0.2) is 5.97 Å². The molecule has 0 saturated heterocycles.